The molecule has 0 saturated heterocycles. The Balaban J connectivity index is 2.18. The predicted octanol–water partition coefficient (Wildman–Crippen LogP) is 1.69. The number of carboxylic acid groups (broad SMARTS) is 1. The summed E-state index contributed by atoms with van der Waals surface area (Å²) in [6, 6.07) is 7.08. The second-order valence-electron chi connectivity index (χ2n) is 5.01. The number of benzene rings is 1. The molecule has 0 aliphatic rings. The Morgan fingerprint density at radius 1 is 1.40 bits per heavy atom. The first kappa shape index (κ1) is 16.5. The molecule has 0 spiro atoms. The quantitative estimate of drug-likeness (QED) is 0.674. The maximum atomic E-state index is 10.8. The number of carboxylic acids is 1. The van der Waals surface area contributed by atoms with Crippen molar-refractivity contribution in [2.75, 3.05) is 33.3 Å². The second kappa shape index (κ2) is 8.55. The van der Waals surface area contributed by atoms with Crippen LogP contribution in [0.1, 0.15) is 24.2 Å². The molecule has 0 aliphatic carbocycles. The zero-order valence-electron chi connectivity index (χ0n) is 12.4. The van der Waals surface area contributed by atoms with Crippen molar-refractivity contribution in [3.8, 4) is 5.75 Å². The topological polar surface area (TPSA) is 61.8 Å². The molecule has 2 N–H and O–H groups in total. The molecule has 0 amide bonds. The minimum Gasteiger partial charge on any atom is -0.492 e. The molecule has 0 fully saturated rings. The number of hydrogen-bond donors (Lipinski definition) is 2. The predicted molar refractivity (Wildman–Crippen MR) is 79.5 cm³/mol. The van der Waals surface area contributed by atoms with E-state index in [0.29, 0.717) is 18.4 Å². The van der Waals surface area contributed by atoms with Crippen molar-refractivity contribution in [3.05, 3.63) is 29.8 Å². The van der Waals surface area contributed by atoms with Crippen LogP contribution in [-0.4, -0.2) is 55.3 Å². The first-order chi connectivity index (χ1) is 9.50. The molecule has 0 heterocycles. The van der Waals surface area contributed by atoms with Gasteiger partial charge in [0, 0.05) is 25.7 Å². The van der Waals surface area contributed by atoms with E-state index in [9.17, 15) is 4.79 Å². The van der Waals surface area contributed by atoms with E-state index < -0.39 is 5.97 Å². The summed E-state index contributed by atoms with van der Waals surface area (Å²) in [4.78, 5) is 13.1. The average molecular weight is 280 g/mol. The summed E-state index contributed by atoms with van der Waals surface area (Å²) in [5.41, 5.74) is 0.244. The highest BCUT2D eigenvalue weighted by molar-refractivity contribution is 5.87. The van der Waals surface area contributed by atoms with E-state index in [0.717, 1.165) is 19.6 Å². The van der Waals surface area contributed by atoms with Gasteiger partial charge in [0.1, 0.15) is 12.4 Å². The number of ether oxygens (including phenoxy) is 1. The molecule has 1 rings (SSSR count). The van der Waals surface area contributed by atoms with Crippen molar-refractivity contribution in [1.82, 2.24) is 10.2 Å². The Kier molecular flexibility index (Phi) is 7.04. The fourth-order valence-electron chi connectivity index (χ4n) is 1.60. The highest BCUT2D eigenvalue weighted by Gasteiger charge is 2.04. The van der Waals surface area contributed by atoms with Crippen molar-refractivity contribution >= 4 is 5.97 Å². The van der Waals surface area contributed by atoms with Crippen LogP contribution in [0.2, 0.25) is 0 Å². The third-order valence-corrected chi connectivity index (χ3v) is 3.15. The summed E-state index contributed by atoms with van der Waals surface area (Å²) < 4.78 is 5.51. The van der Waals surface area contributed by atoms with Crippen LogP contribution < -0.4 is 10.1 Å². The minimum atomic E-state index is -0.940. The van der Waals surface area contributed by atoms with Crippen LogP contribution in [0.25, 0.3) is 0 Å². The van der Waals surface area contributed by atoms with E-state index in [2.05, 4.69) is 31.1 Å². The molecule has 1 aromatic rings. The zero-order chi connectivity index (χ0) is 15.0. The van der Waals surface area contributed by atoms with Gasteiger partial charge in [-0.05, 0) is 39.1 Å². The molecule has 0 atom stereocenters. The van der Waals surface area contributed by atoms with Crippen molar-refractivity contribution in [2.45, 2.75) is 19.9 Å². The molecule has 5 nitrogen and oxygen atoms in total. The van der Waals surface area contributed by atoms with Gasteiger partial charge < -0.3 is 20.1 Å². The number of rotatable bonds is 9. The summed E-state index contributed by atoms with van der Waals surface area (Å²) >= 11 is 0. The zero-order valence-corrected chi connectivity index (χ0v) is 12.4. The lowest BCUT2D eigenvalue weighted by molar-refractivity contribution is 0.0696. The average Bonchev–Trinajstić information content (AvgIpc) is 2.42. The van der Waals surface area contributed by atoms with Crippen molar-refractivity contribution in [2.24, 2.45) is 0 Å². The van der Waals surface area contributed by atoms with Crippen LogP contribution in [0.3, 0.4) is 0 Å². The summed E-state index contributed by atoms with van der Waals surface area (Å²) in [6.45, 7) is 7.49. The lowest BCUT2D eigenvalue weighted by Gasteiger charge is -2.20. The number of hydrogen-bond acceptors (Lipinski definition) is 4. The van der Waals surface area contributed by atoms with Gasteiger partial charge >= 0.3 is 5.97 Å². The smallest absolute Gasteiger partial charge is 0.335 e. The maximum Gasteiger partial charge on any atom is 0.335 e. The SMILES string of the molecule is CC(C)N(C)CCNCCOc1cccc(C(=O)O)c1. The lowest BCUT2D eigenvalue weighted by atomic mass is 10.2. The molecule has 0 aliphatic heterocycles. The number of nitrogens with zero attached hydrogens (tertiary/aromatic N) is 1. The van der Waals surface area contributed by atoms with Crippen molar-refractivity contribution in [1.29, 1.82) is 0 Å². The number of aromatic carboxylic acids is 1. The maximum absolute atomic E-state index is 10.8. The molecule has 0 saturated carbocycles. The number of likely N-dealkylation sites (N-methyl/N-ethyl adjacent to an activating group) is 1. The molecule has 5 heteroatoms. The van der Waals surface area contributed by atoms with Crippen LogP contribution in [0.15, 0.2) is 24.3 Å². The molecule has 0 unspecified atom stereocenters. The van der Waals surface area contributed by atoms with Gasteiger partial charge in [0.15, 0.2) is 0 Å². The molecule has 0 aromatic heterocycles. The van der Waals surface area contributed by atoms with E-state index in [1.807, 2.05) is 0 Å². The molecular weight excluding hydrogens is 256 g/mol. The van der Waals surface area contributed by atoms with Crippen LogP contribution in [0, 0.1) is 0 Å². The standard InChI is InChI=1S/C15H24N2O3/c1-12(2)17(3)9-7-16-8-10-20-14-6-4-5-13(11-14)15(18)19/h4-6,11-12,16H,7-10H2,1-3H3,(H,18,19). The fourth-order valence-corrected chi connectivity index (χ4v) is 1.60. The van der Waals surface area contributed by atoms with Gasteiger partial charge in [-0.2, -0.15) is 0 Å². The Bertz CT molecular complexity index is 421. The number of nitrogens with one attached hydrogen (secondary N) is 1. The second-order valence-corrected chi connectivity index (χ2v) is 5.01. The van der Waals surface area contributed by atoms with Gasteiger partial charge in [0.2, 0.25) is 0 Å². The van der Waals surface area contributed by atoms with Gasteiger partial charge in [0.25, 0.3) is 0 Å². The molecule has 20 heavy (non-hydrogen) atoms. The van der Waals surface area contributed by atoms with E-state index in [-0.39, 0.29) is 5.56 Å². The first-order valence-corrected chi connectivity index (χ1v) is 6.88. The van der Waals surface area contributed by atoms with Crippen LogP contribution in [-0.2, 0) is 0 Å². The molecule has 0 bridgehead atoms. The fraction of sp³-hybridized carbons (Fsp3) is 0.533. The van der Waals surface area contributed by atoms with Gasteiger partial charge in [0.05, 0.1) is 5.56 Å². The Hall–Kier alpha value is -1.59. The normalized spacial score (nSPS) is 11.1. The molecular formula is C15H24N2O3. The van der Waals surface area contributed by atoms with E-state index in [1.54, 1.807) is 18.2 Å². The summed E-state index contributed by atoms with van der Waals surface area (Å²) in [5.74, 6) is -0.351. The third kappa shape index (κ3) is 6.04. The van der Waals surface area contributed by atoms with E-state index in [1.165, 1.54) is 6.07 Å². The Labute approximate surface area is 120 Å². The van der Waals surface area contributed by atoms with Gasteiger partial charge in [-0.3, -0.25) is 0 Å². The van der Waals surface area contributed by atoms with Gasteiger partial charge in [-0.25, -0.2) is 4.79 Å². The highest BCUT2D eigenvalue weighted by Crippen LogP contribution is 2.12. The Morgan fingerprint density at radius 3 is 2.80 bits per heavy atom. The van der Waals surface area contributed by atoms with Crippen molar-refractivity contribution in [3.63, 3.8) is 0 Å². The van der Waals surface area contributed by atoms with E-state index >= 15 is 0 Å². The minimum absolute atomic E-state index is 0.244. The third-order valence-electron chi connectivity index (χ3n) is 3.15. The lowest BCUT2D eigenvalue weighted by Crippen LogP contribution is -2.35. The number of carbonyl (C=O) groups is 1. The Morgan fingerprint density at radius 2 is 2.15 bits per heavy atom. The van der Waals surface area contributed by atoms with Gasteiger partial charge in [-0.15, -0.1) is 0 Å². The molecule has 112 valence electrons. The van der Waals surface area contributed by atoms with Crippen molar-refractivity contribution < 1.29 is 14.6 Å². The molecule has 0 radical (unpaired) electrons. The van der Waals surface area contributed by atoms with Crippen LogP contribution in [0.4, 0.5) is 0 Å². The highest BCUT2D eigenvalue weighted by atomic mass is 16.5. The summed E-state index contributed by atoms with van der Waals surface area (Å²) in [6.07, 6.45) is 0. The monoisotopic (exact) mass is 280 g/mol. The summed E-state index contributed by atoms with van der Waals surface area (Å²) in [7, 11) is 2.10. The molecule has 1 aromatic carbocycles. The van der Waals surface area contributed by atoms with Gasteiger partial charge in [-0.1, -0.05) is 6.07 Å². The van der Waals surface area contributed by atoms with Crippen LogP contribution >= 0.6 is 0 Å². The van der Waals surface area contributed by atoms with Crippen LogP contribution in [0.5, 0.6) is 5.75 Å². The summed E-state index contributed by atoms with van der Waals surface area (Å²) in [5, 5.41) is 12.2. The van der Waals surface area contributed by atoms with E-state index in [4.69, 9.17) is 9.84 Å². The largest absolute Gasteiger partial charge is 0.492 e. The first-order valence-electron chi connectivity index (χ1n) is 6.88.